The summed E-state index contributed by atoms with van der Waals surface area (Å²) in [5.74, 6) is 1.69. The monoisotopic (exact) mass is 372 g/mol. The average molecular weight is 373 g/mol. The third kappa shape index (κ3) is 3.17. The van der Waals surface area contributed by atoms with E-state index in [1.54, 1.807) is 6.07 Å². The number of nitrogens with one attached hydrogen (secondary N) is 2. The van der Waals surface area contributed by atoms with Gasteiger partial charge in [-0.1, -0.05) is 12.1 Å². The maximum absolute atomic E-state index is 10.0. The summed E-state index contributed by atoms with van der Waals surface area (Å²) < 4.78 is 5.62. The van der Waals surface area contributed by atoms with Crippen LogP contribution in [-0.4, -0.2) is 73.1 Å². The summed E-state index contributed by atoms with van der Waals surface area (Å²) in [5.41, 5.74) is 1.15. The number of piperidine rings is 1. The average Bonchev–Trinajstić information content (AvgIpc) is 3.09. The Labute approximate surface area is 161 Å². The molecule has 5 rings (SSSR count). The van der Waals surface area contributed by atoms with Crippen molar-refractivity contribution in [2.24, 2.45) is 11.8 Å². The van der Waals surface area contributed by atoms with Gasteiger partial charge < -0.3 is 15.2 Å². The molecule has 0 aromatic heterocycles. The maximum atomic E-state index is 10.0. The van der Waals surface area contributed by atoms with Gasteiger partial charge in [0.15, 0.2) is 0 Å². The number of hydrogen-bond donors (Lipinski definition) is 3. The normalized spacial score (nSPS) is 40.5. The molecule has 3 N–H and O–H groups in total. The Balaban J connectivity index is 1.49. The van der Waals surface area contributed by atoms with Gasteiger partial charge in [0.05, 0.1) is 25.5 Å². The first-order valence-corrected chi connectivity index (χ1v) is 10.5. The molecule has 0 spiro atoms. The minimum absolute atomic E-state index is 0.131. The molecule has 1 saturated carbocycles. The number of phenols is 1. The van der Waals surface area contributed by atoms with Gasteiger partial charge in [-0.05, 0) is 56.5 Å². The Morgan fingerprint density at radius 3 is 2.85 bits per heavy atom. The van der Waals surface area contributed by atoms with E-state index in [-0.39, 0.29) is 6.17 Å². The first-order chi connectivity index (χ1) is 13.2. The molecule has 0 bridgehead atoms. The van der Waals surface area contributed by atoms with E-state index in [9.17, 15) is 5.11 Å². The van der Waals surface area contributed by atoms with Gasteiger partial charge >= 0.3 is 0 Å². The van der Waals surface area contributed by atoms with Crippen molar-refractivity contribution >= 4 is 0 Å². The zero-order valence-corrected chi connectivity index (χ0v) is 16.2. The quantitative estimate of drug-likeness (QED) is 0.728. The van der Waals surface area contributed by atoms with Gasteiger partial charge in [0.25, 0.3) is 0 Å². The molecule has 6 heteroatoms. The van der Waals surface area contributed by atoms with E-state index in [2.05, 4.69) is 33.5 Å². The minimum atomic E-state index is 0.131. The Hall–Kier alpha value is -1.18. The summed E-state index contributed by atoms with van der Waals surface area (Å²) >= 11 is 0. The van der Waals surface area contributed by atoms with Crippen molar-refractivity contribution < 1.29 is 9.84 Å². The van der Waals surface area contributed by atoms with Gasteiger partial charge in [-0.15, -0.1) is 0 Å². The van der Waals surface area contributed by atoms with Crippen LogP contribution in [0.5, 0.6) is 5.75 Å². The Morgan fingerprint density at radius 1 is 1.19 bits per heavy atom. The second-order valence-corrected chi connectivity index (χ2v) is 8.68. The molecule has 6 unspecified atom stereocenters. The van der Waals surface area contributed by atoms with Crippen LogP contribution < -0.4 is 10.6 Å². The largest absolute Gasteiger partial charge is 0.508 e. The van der Waals surface area contributed by atoms with E-state index >= 15 is 0 Å². The van der Waals surface area contributed by atoms with Gasteiger partial charge in [-0.25, -0.2) is 0 Å². The molecule has 27 heavy (non-hydrogen) atoms. The lowest BCUT2D eigenvalue weighted by Gasteiger charge is -2.52. The van der Waals surface area contributed by atoms with Crippen LogP contribution in [-0.2, 0) is 4.74 Å². The predicted octanol–water partition coefficient (Wildman–Crippen LogP) is 1.34. The molecule has 0 radical (unpaired) electrons. The van der Waals surface area contributed by atoms with Gasteiger partial charge in [0.1, 0.15) is 5.75 Å². The van der Waals surface area contributed by atoms with Crippen molar-refractivity contribution in [2.45, 2.75) is 43.7 Å². The molecular formula is C21H32N4O2. The molecule has 6 nitrogen and oxygen atoms in total. The summed E-state index contributed by atoms with van der Waals surface area (Å²) in [6.07, 6.45) is 4.36. The van der Waals surface area contributed by atoms with E-state index in [0.29, 0.717) is 29.9 Å². The second kappa shape index (κ2) is 7.33. The highest BCUT2D eigenvalue weighted by molar-refractivity contribution is 5.30. The lowest BCUT2D eigenvalue weighted by molar-refractivity contribution is -0.0710. The van der Waals surface area contributed by atoms with Crippen LogP contribution in [0, 0.1) is 11.8 Å². The summed E-state index contributed by atoms with van der Waals surface area (Å²) in [6.45, 7) is 4.82. The smallest absolute Gasteiger partial charge is 0.115 e. The van der Waals surface area contributed by atoms with Crippen molar-refractivity contribution in [2.75, 3.05) is 39.9 Å². The number of phenolic OH excluding ortho intramolecular Hbond substituents is 1. The van der Waals surface area contributed by atoms with Crippen LogP contribution in [0.2, 0.25) is 0 Å². The van der Waals surface area contributed by atoms with Gasteiger partial charge in [0.2, 0.25) is 0 Å². The fourth-order valence-corrected chi connectivity index (χ4v) is 6.15. The summed E-state index contributed by atoms with van der Waals surface area (Å²) in [6, 6.07) is 8.97. The maximum Gasteiger partial charge on any atom is 0.115 e. The van der Waals surface area contributed by atoms with Crippen molar-refractivity contribution in [1.82, 2.24) is 20.4 Å². The topological polar surface area (TPSA) is 60.0 Å². The molecule has 4 fully saturated rings. The van der Waals surface area contributed by atoms with Crippen molar-refractivity contribution in [3.05, 3.63) is 29.8 Å². The number of ether oxygens (including phenoxy) is 1. The molecule has 0 amide bonds. The van der Waals surface area contributed by atoms with Crippen LogP contribution >= 0.6 is 0 Å². The number of fused-ring (bicyclic) bond motifs is 3. The number of morpholine rings is 1. The van der Waals surface area contributed by atoms with E-state index < -0.39 is 0 Å². The first-order valence-electron chi connectivity index (χ1n) is 10.5. The third-order valence-electron chi connectivity index (χ3n) is 7.28. The summed E-state index contributed by atoms with van der Waals surface area (Å²) in [7, 11) is 2.27. The number of nitrogens with zero attached hydrogens (tertiary/aromatic N) is 2. The Kier molecular flexibility index (Phi) is 4.86. The third-order valence-corrected chi connectivity index (χ3v) is 7.28. The SMILES string of the molecule is CN1C(c2cccc(O)c2)NC(N2CCOCC2)C2CC3NCCCC3C21. The Morgan fingerprint density at radius 2 is 2.04 bits per heavy atom. The molecule has 1 aliphatic carbocycles. The van der Waals surface area contributed by atoms with E-state index in [0.717, 1.165) is 44.3 Å². The van der Waals surface area contributed by atoms with Gasteiger partial charge in [-0.3, -0.25) is 15.1 Å². The molecule has 148 valence electrons. The lowest BCUT2D eigenvalue weighted by atomic mass is 9.85. The van der Waals surface area contributed by atoms with Crippen LogP contribution in [0.3, 0.4) is 0 Å². The van der Waals surface area contributed by atoms with Crippen LogP contribution in [0.1, 0.15) is 31.0 Å². The minimum Gasteiger partial charge on any atom is -0.508 e. The van der Waals surface area contributed by atoms with E-state index in [4.69, 9.17) is 4.74 Å². The summed E-state index contributed by atoms with van der Waals surface area (Å²) in [5, 5.41) is 17.8. The summed E-state index contributed by atoms with van der Waals surface area (Å²) in [4.78, 5) is 5.15. The van der Waals surface area contributed by atoms with Crippen LogP contribution in [0.15, 0.2) is 24.3 Å². The molecule has 1 aromatic rings. The second-order valence-electron chi connectivity index (χ2n) is 8.68. The molecular weight excluding hydrogens is 340 g/mol. The van der Waals surface area contributed by atoms with E-state index in [1.807, 2.05) is 12.1 Å². The number of rotatable bonds is 2. The fraction of sp³-hybridized carbons (Fsp3) is 0.714. The Bertz CT molecular complexity index is 665. The highest BCUT2D eigenvalue weighted by Crippen LogP contribution is 2.46. The van der Waals surface area contributed by atoms with Crippen molar-refractivity contribution in [3.8, 4) is 5.75 Å². The molecule has 4 aliphatic rings. The highest BCUT2D eigenvalue weighted by Gasteiger charge is 2.54. The molecule has 1 aromatic carbocycles. The number of benzene rings is 1. The van der Waals surface area contributed by atoms with Crippen molar-refractivity contribution in [1.29, 1.82) is 0 Å². The van der Waals surface area contributed by atoms with Gasteiger partial charge in [0, 0.05) is 31.1 Å². The molecule has 6 atom stereocenters. The standard InChI is InChI=1S/C21H32N4O2/c1-24-19-16-6-3-7-22-18(16)13-17(19)21(25-8-10-27-11-9-25)23-20(24)14-4-2-5-15(26)12-14/h2,4-5,12,16-23,26H,3,6-11,13H2,1H3. The number of hydrogen-bond acceptors (Lipinski definition) is 6. The van der Waals surface area contributed by atoms with Crippen LogP contribution in [0.4, 0.5) is 0 Å². The predicted molar refractivity (Wildman–Crippen MR) is 104 cm³/mol. The van der Waals surface area contributed by atoms with Crippen molar-refractivity contribution in [3.63, 3.8) is 0 Å². The highest BCUT2D eigenvalue weighted by atomic mass is 16.5. The first kappa shape index (κ1) is 17.9. The molecule has 3 aliphatic heterocycles. The molecule has 3 heterocycles. The zero-order chi connectivity index (χ0) is 18.4. The lowest BCUT2D eigenvalue weighted by Crippen LogP contribution is -2.65. The van der Waals surface area contributed by atoms with Gasteiger partial charge in [-0.2, -0.15) is 0 Å². The fourth-order valence-electron chi connectivity index (χ4n) is 6.15. The van der Waals surface area contributed by atoms with E-state index in [1.165, 1.54) is 19.3 Å². The van der Waals surface area contributed by atoms with Crippen LogP contribution in [0.25, 0.3) is 0 Å². The zero-order valence-electron chi connectivity index (χ0n) is 16.2. The molecule has 3 saturated heterocycles. The number of aromatic hydroxyl groups is 1.